The lowest BCUT2D eigenvalue weighted by atomic mass is 9.95. The van der Waals surface area contributed by atoms with E-state index in [1.54, 1.807) is 0 Å². The highest BCUT2D eigenvalue weighted by Crippen LogP contribution is 2.36. The molecule has 3 N–H and O–H groups in total. The molecule has 2 amide bonds. The third-order valence-corrected chi connectivity index (χ3v) is 4.66. The lowest BCUT2D eigenvalue weighted by Gasteiger charge is -2.23. The molecule has 2 fully saturated rings. The van der Waals surface area contributed by atoms with Crippen LogP contribution in [0.1, 0.15) is 51.9 Å². The van der Waals surface area contributed by atoms with Gasteiger partial charge in [-0.3, -0.25) is 4.79 Å². The van der Waals surface area contributed by atoms with Crippen LogP contribution in [0.4, 0.5) is 4.79 Å². The van der Waals surface area contributed by atoms with Gasteiger partial charge in [0.05, 0.1) is 5.92 Å². The minimum absolute atomic E-state index is 0.212. The molecular weight excluding hydrogens is 256 g/mol. The number of hydrogen-bond acceptors (Lipinski definition) is 2. The molecule has 3 unspecified atom stereocenters. The normalized spacial score (nSPS) is 28.2. The van der Waals surface area contributed by atoms with Gasteiger partial charge in [-0.1, -0.05) is 26.2 Å². The second-order valence-corrected chi connectivity index (χ2v) is 6.36. The molecule has 0 aliphatic heterocycles. The van der Waals surface area contributed by atoms with Crippen LogP contribution in [0.5, 0.6) is 0 Å². The third-order valence-electron chi connectivity index (χ3n) is 4.66. The monoisotopic (exact) mass is 282 g/mol. The standard InChI is InChI=1S/C15H26N2O3/c1-10(11-7-8-11)9-16-15(20)17-13-6-4-2-3-5-12(13)14(18)19/h10-13H,2-9H2,1H3,(H,18,19)(H2,16,17,20). The smallest absolute Gasteiger partial charge is 0.315 e. The van der Waals surface area contributed by atoms with E-state index in [0.29, 0.717) is 18.9 Å². The minimum Gasteiger partial charge on any atom is -0.481 e. The molecule has 5 nitrogen and oxygen atoms in total. The summed E-state index contributed by atoms with van der Waals surface area (Å²) < 4.78 is 0. The summed E-state index contributed by atoms with van der Waals surface area (Å²) in [5.41, 5.74) is 0. The second-order valence-electron chi connectivity index (χ2n) is 6.36. The van der Waals surface area contributed by atoms with Crippen LogP contribution in [0.3, 0.4) is 0 Å². The van der Waals surface area contributed by atoms with Crippen LogP contribution in [-0.2, 0) is 4.79 Å². The number of carbonyl (C=O) groups excluding carboxylic acids is 1. The van der Waals surface area contributed by atoms with E-state index in [2.05, 4.69) is 17.6 Å². The van der Waals surface area contributed by atoms with Crippen LogP contribution >= 0.6 is 0 Å². The Morgan fingerprint density at radius 3 is 2.50 bits per heavy atom. The Kier molecular flexibility index (Phi) is 5.26. The maximum atomic E-state index is 11.9. The number of hydrogen-bond donors (Lipinski definition) is 3. The van der Waals surface area contributed by atoms with Gasteiger partial charge in [-0.05, 0) is 37.5 Å². The van der Waals surface area contributed by atoms with E-state index in [1.807, 2.05) is 0 Å². The quantitative estimate of drug-likeness (QED) is 0.677. The van der Waals surface area contributed by atoms with Crippen molar-refractivity contribution < 1.29 is 14.7 Å². The molecule has 2 rings (SSSR count). The average molecular weight is 282 g/mol. The number of urea groups is 1. The number of carboxylic acid groups (broad SMARTS) is 1. The number of carbonyl (C=O) groups is 2. The summed E-state index contributed by atoms with van der Waals surface area (Å²) >= 11 is 0. The highest BCUT2D eigenvalue weighted by Gasteiger charge is 2.31. The molecule has 2 aliphatic carbocycles. The molecule has 0 saturated heterocycles. The van der Waals surface area contributed by atoms with Crippen molar-refractivity contribution in [3.8, 4) is 0 Å². The Hall–Kier alpha value is -1.26. The Bertz CT molecular complexity index is 355. The first-order valence-electron chi connectivity index (χ1n) is 7.85. The first-order valence-corrected chi connectivity index (χ1v) is 7.85. The molecule has 0 spiro atoms. The van der Waals surface area contributed by atoms with Gasteiger partial charge >= 0.3 is 12.0 Å². The van der Waals surface area contributed by atoms with Crippen molar-refractivity contribution in [2.24, 2.45) is 17.8 Å². The van der Waals surface area contributed by atoms with Gasteiger partial charge in [0.1, 0.15) is 0 Å². The lowest BCUT2D eigenvalue weighted by Crippen LogP contribution is -2.48. The molecule has 2 aliphatic rings. The number of nitrogens with one attached hydrogen (secondary N) is 2. The van der Waals surface area contributed by atoms with Crippen molar-refractivity contribution in [2.75, 3.05) is 6.54 Å². The predicted octanol–water partition coefficient (Wildman–Crippen LogP) is 2.37. The first-order chi connectivity index (χ1) is 9.58. The fourth-order valence-electron chi connectivity index (χ4n) is 3.08. The number of aliphatic carboxylic acids is 1. The Morgan fingerprint density at radius 1 is 1.15 bits per heavy atom. The topological polar surface area (TPSA) is 78.4 Å². The van der Waals surface area contributed by atoms with Crippen LogP contribution in [0.2, 0.25) is 0 Å². The predicted molar refractivity (Wildman–Crippen MR) is 76.4 cm³/mol. The number of carboxylic acids is 1. The van der Waals surface area contributed by atoms with E-state index >= 15 is 0 Å². The minimum atomic E-state index is -0.788. The van der Waals surface area contributed by atoms with E-state index in [-0.39, 0.29) is 12.1 Å². The van der Waals surface area contributed by atoms with Gasteiger partial charge in [0.25, 0.3) is 0 Å². The Labute approximate surface area is 120 Å². The molecule has 5 heteroatoms. The summed E-state index contributed by atoms with van der Waals surface area (Å²) in [6.07, 6.45) is 6.97. The van der Waals surface area contributed by atoms with Gasteiger partial charge in [-0.15, -0.1) is 0 Å². The second kappa shape index (κ2) is 6.95. The molecule has 0 radical (unpaired) electrons. The number of rotatable bonds is 5. The van der Waals surface area contributed by atoms with E-state index in [9.17, 15) is 14.7 Å². The molecule has 0 bridgehead atoms. The summed E-state index contributed by atoms with van der Waals surface area (Å²) in [5.74, 6) is 0.0535. The summed E-state index contributed by atoms with van der Waals surface area (Å²) in [7, 11) is 0. The van der Waals surface area contributed by atoms with Crippen molar-refractivity contribution in [1.82, 2.24) is 10.6 Å². The van der Waals surface area contributed by atoms with E-state index in [1.165, 1.54) is 12.8 Å². The van der Waals surface area contributed by atoms with Crippen LogP contribution in [0, 0.1) is 17.8 Å². The molecule has 114 valence electrons. The van der Waals surface area contributed by atoms with Crippen LogP contribution in [-0.4, -0.2) is 29.7 Å². The zero-order valence-corrected chi connectivity index (χ0v) is 12.2. The summed E-state index contributed by atoms with van der Waals surface area (Å²) in [4.78, 5) is 23.2. The van der Waals surface area contributed by atoms with Crippen molar-refractivity contribution in [3.05, 3.63) is 0 Å². The van der Waals surface area contributed by atoms with E-state index < -0.39 is 11.9 Å². The maximum absolute atomic E-state index is 11.9. The van der Waals surface area contributed by atoms with Crippen LogP contribution in [0.15, 0.2) is 0 Å². The molecule has 20 heavy (non-hydrogen) atoms. The zero-order chi connectivity index (χ0) is 14.5. The highest BCUT2D eigenvalue weighted by molar-refractivity contribution is 5.76. The van der Waals surface area contributed by atoms with Crippen LogP contribution in [0.25, 0.3) is 0 Å². The van der Waals surface area contributed by atoms with Crippen molar-refractivity contribution >= 4 is 12.0 Å². The zero-order valence-electron chi connectivity index (χ0n) is 12.2. The fraction of sp³-hybridized carbons (Fsp3) is 0.867. The van der Waals surface area contributed by atoms with Crippen molar-refractivity contribution in [3.63, 3.8) is 0 Å². The summed E-state index contributed by atoms with van der Waals surface area (Å²) in [6, 6.07) is -0.443. The molecule has 0 aromatic heterocycles. The van der Waals surface area contributed by atoms with E-state index in [4.69, 9.17) is 0 Å². The number of amides is 2. The molecule has 0 heterocycles. The maximum Gasteiger partial charge on any atom is 0.315 e. The molecule has 0 aromatic rings. The third kappa shape index (κ3) is 4.39. The molecule has 2 saturated carbocycles. The summed E-state index contributed by atoms with van der Waals surface area (Å²) in [5, 5.41) is 15.0. The van der Waals surface area contributed by atoms with Crippen LogP contribution < -0.4 is 10.6 Å². The first kappa shape index (κ1) is 15.1. The Balaban J connectivity index is 1.78. The largest absolute Gasteiger partial charge is 0.481 e. The fourth-order valence-corrected chi connectivity index (χ4v) is 3.08. The van der Waals surface area contributed by atoms with Gasteiger partial charge < -0.3 is 15.7 Å². The van der Waals surface area contributed by atoms with Gasteiger partial charge in [0.15, 0.2) is 0 Å². The summed E-state index contributed by atoms with van der Waals surface area (Å²) in [6.45, 7) is 2.84. The molecule has 0 aromatic carbocycles. The van der Waals surface area contributed by atoms with Crippen molar-refractivity contribution in [2.45, 2.75) is 57.9 Å². The lowest BCUT2D eigenvalue weighted by molar-refractivity contribution is -0.142. The Morgan fingerprint density at radius 2 is 1.85 bits per heavy atom. The highest BCUT2D eigenvalue weighted by atomic mass is 16.4. The molecule has 3 atom stereocenters. The SMILES string of the molecule is CC(CNC(=O)NC1CCCCCC1C(=O)O)C1CC1. The average Bonchev–Trinajstić information content (AvgIpc) is 3.22. The van der Waals surface area contributed by atoms with Crippen molar-refractivity contribution in [1.29, 1.82) is 0 Å². The van der Waals surface area contributed by atoms with Gasteiger partial charge in [-0.25, -0.2) is 4.79 Å². The van der Waals surface area contributed by atoms with Gasteiger partial charge in [0.2, 0.25) is 0 Å². The van der Waals surface area contributed by atoms with Gasteiger partial charge in [0, 0.05) is 12.6 Å². The van der Waals surface area contributed by atoms with E-state index in [0.717, 1.165) is 31.6 Å². The van der Waals surface area contributed by atoms with Gasteiger partial charge in [-0.2, -0.15) is 0 Å². The molecular formula is C15H26N2O3.